The van der Waals surface area contributed by atoms with Crippen molar-refractivity contribution in [3.8, 4) is 0 Å². The lowest BCUT2D eigenvalue weighted by atomic mass is 10.1. The molecule has 2 N–H and O–H groups in total. The van der Waals surface area contributed by atoms with Gasteiger partial charge in [0.25, 0.3) is 0 Å². The second-order valence-corrected chi connectivity index (χ2v) is 5.50. The van der Waals surface area contributed by atoms with Crippen LogP contribution in [0.3, 0.4) is 0 Å². The van der Waals surface area contributed by atoms with Gasteiger partial charge in [0, 0.05) is 17.6 Å². The predicted molar refractivity (Wildman–Crippen MR) is 78.9 cm³/mol. The molecule has 1 fully saturated rings. The summed E-state index contributed by atoms with van der Waals surface area (Å²) in [5.41, 5.74) is 0. The molecule has 2 rings (SSSR count). The molecule has 0 saturated carbocycles. The minimum absolute atomic E-state index is 0. The van der Waals surface area contributed by atoms with Gasteiger partial charge < -0.3 is 10.6 Å². The van der Waals surface area contributed by atoms with Crippen LogP contribution in [0.5, 0.6) is 0 Å². The van der Waals surface area contributed by atoms with Crippen LogP contribution < -0.4 is 10.6 Å². The Hall–Kier alpha value is -0.360. The summed E-state index contributed by atoms with van der Waals surface area (Å²) in [5, 5.41) is 7.20. The third-order valence-corrected chi connectivity index (χ3v) is 3.89. The monoisotopic (exact) mass is 311 g/mol. The van der Waals surface area contributed by atoms with Crippen molar-refractivity contribution in [1.29, 1.82) is 0 Å². The third kappa shape index (κ3) is 4.39. The zero-order chi connectivity index (χ0) is 11.5. The van der Waals surface area contributed by atoms with Gasteiger partial charge in [-0.15, -0.1) is 36.2 Å². The van der Waals surface area contributed by atoms with Crippen LogP contribution in [-0.2, 0) is 4.79 Å². The van der Waals surface area contributed by atoms with Gasteiger partial charge >= 0.3 is 0 Å². The molecule has 4 nitrogen and oxygen atoms in total. The van der Waals surface area contributed by atoms with Crippen LogP contribution in [0, 0.1) is 12.8 Å². The van der Waals surface area contributed by atoms with E-state index in [-0.39, 0.29) is 42.7 Å². The molecule has 104 valence electrons. The van der Waals surface area contributed by atoms with Crippen LogP contribution in [0.2, 0.25) is 0 Å². The van der Waals surface area contributed by atoms with E-state index < -0.39 is 0 Å². The maximum Gasteiger partial charge on any atom is 0.224 e. The molecule has 18 heavy (non-hydrogen) atoms. The van der Waals surface area contributed by atoms with Gasteiger partial charge in [-0.3, -0.25) is 4.79 Å². The minimum atomic E-state index is 0. The summed E-state index contributed by atoms with van der Waals surface area (Å²) in [7, 11) is 0. The third-order valence-electron chi connectivity index (χ3n) is 2.80. The van der Waals surface area contributed by atoms with Gasteiger partial charge in [-0.1, -0.05) is 0 Å². The lowest BCUT2D eigenvalue weighted by Crippen LogP contribution is -2.33. The van der Waals surface area contributed by atoms with E-state index in [4.69, 9.17) is 0 Å². The van der Waals surface area contributed by atoms with Crippen molar-refractivity contribution in [3.63, 3.8) is 0 Å². The Morgan fingerprint density at radius 3 is 2.83 bits per heavy atom. The van der Waals surface area contributed by atoms with Crippen LogP contribution in [0.4, 0.5) is 0 Å². The molecule has 1 saturated heterocycles. The Morgan fingerprint density at radius 1 is 1.61 bits per heavy atom. The highest BCUT2D eigenvalue weighted by atomic mass is 35.5. The Labute approximate surface area is 124 Å². The zero-order valence-electron chi connectivity index (χ0n) is 10.4. The molecular weight excluding hydrogens is 293 g/mol. The second kappa shape index (κ2) is 7.94. The molecule has 1 aliphatic heterocycles. The van der Waals surface area contributed by atoms with E-state index in [0.717, 1.165) is 24.5 Å². The van der Waals surface area contributed by atoms with Crippen molar-refractivity contribution in [1.82, 2.24) is 15.6 Å². The molecule has 1 amide bonds. The Bertz CT molecular complexity index is 380. The standard InChI is InChI=1S/C11H17N3OS.2ClH/c1-7-5-13-11(16-7)8(2)14-10(15)9-3-4-12-6-9;;/h5,8-9,12H,3-4,6H2,1-2H3,(H,14,15);2*1H. The van der Waals surface area contributed by atoms with E-state index >= 15 is 0 Å². The average molecular weight is 312 g/mol. The summed E-state index contributed by atoms with van der Waals surface area (Å²) in [6.07, 6.45) is 2.79. The highest BCUT2D eigenvalue weighted by molar-refractivity contribution is 7.11. The first-order valence-corrected chi connectivity index (χ1v) is 6.42. The normalized spacial score (nSPS) is 19.6. The molecule has 1 aromatic heterocycles. The molecule has 2 atom stereocenters. The molecule has 1 aliphatic rings. The van der Waals surface area contributed by atoms with Crippen LogP contribution in [0.25, 0.3) is 0 Å². The highest BCUT2D eigenvalue weighted by Gasteiger charge is 2.24. The van der Waals surface area contributed by atoms with Gasteiger partial charge in [0.1, 0.15) is 5.01 Å². The summed E-state index contributed by atoms with van der Waals surface area (Å²) in [6.45, 7) is 5.76. The largest absolute Gasteiger partial charge is 0.347 e. The Morgan fingerprint density at radius 2 is 2.33 bits per heavy atom. The summed E-state index contributed by atoms with van der Waals surface area (Å²) >= 11 is 1.64. The van der Waals surface area contributed by atoms with Crippen LogP contribution in [-0.4, -0.2) is 24.0 Å². The molecule has 0 aliphatic carbocycles. The maximum atomic E-state index is 11.9. The molecule has 2 unspecified atom stereocenters. The van der Waals surface area contributed by atoms with E-state index in [2.05, 4.69) is 15.6 Å². The van der Waals surface area contributed by atoms with Gasteiger partial charge in [-0.2, -0.15) is 0 Å². The highest BCUT2D eigenvalue weighted by Crippen LogP contribution is 2.19. The van der Waals surface area contributed by atoms with Gasteiger partial charge in [-0.05, 0) is 26.8 Å². The fourth-order valence-electron chi connectivity index (χ4n) is 1.84. The van der Waals surface area contributed by atoms with Gasteiger partial charge in [0.2, 0.25) is 5.91 Å². The SMILES string of the molecule is Cc1cnc(C(C)NC(=O)C2CCNC2)s1.Cl.Cl. The van der Waals surface area contributed by atoms with E-state index in [1.165, 1.54) is 4.88 Å². The lowest BCUT2D eigenvalue weighted by Gasteiger charge is -2.14. The number of nitrogens with one attached hydrogen (secondary N) is 2. The van der Waals surface area contributed by atoms with Crippen molar-refractivity contribution in [2.24, 2.45) is 5.92 Å². The van der Waals surface area contributed by atoms with E-state index in [9.17, 15) is 4.79 Å². The molecule has 0 bridgehead atoms. The Kier molecular flexibility index (Phi) is 7.78. The summed E-state index contributed by atoms with van der Waals surface area (Å²) < 4.78 is 0. The minimum Gasteiger partial charge on any atom is -0.347 e. The van der Waals surface area contributed by atoms with Crippen molar-refractivity contribution < 1.29 is 4.79 Å². The second-order valence-electron chi connectivity index (χ2n) is 4.23. The number of aromatic nitrogens is 1. The number of amides is 1. The summed E-state index contributed by atoms with van der Waals surface area (Å²) in [6, 6.07) is 0.0202. The first-order chi connectivity index (χ1) is 7.66. The summed E-state index contributed by atoms with van der Waals surface area (Å²) in [4.78, 5) is 17.3. The van der Waals surface area contributed by atoms with Crippen LogP contribution >= 0.6 is 36.2 Å². The van der Waals surface area contributed by atoms with Crippen molar-refractivity contribution >= 4 is 42.1 Å². The topological polar surface area (TPSA) is 54.0 Å². The molecular formula is C11H19Cl2N3OS. The predicted octanol–water partition coefficient (Wildman–Crippen LogP) is 2.08. The van der Waals surface area contributed by atoms with E-state index in [1.54, 1.807) is 11.3 Å². The van der Waals surface area contributed by atoms with E-state index in [0.29, 0.717) is 0 Å². The first-order valence-electron chi connectivity index (χ1n) is 5.60. The molecule has 0 aromatic carbocycles. The number of halogens is 2. The zero-order valence-corrected chi connectivity index (χ0v) is 12.9. The number of rotatable bonds is 3. The molecule has 0 spiro atoms. The number of nitrogens with zero attached hydrogens (tertiary/aromatic N) is 1. The molecule has 1 aromatic rings. The molecule has 2 heterocycles. The van der Waals surface area contributed by atoms with Crippen LogP contribution in [0.15, 0.2) is 6.20 Å². The van der Waals surface area contributed by atoms with Gasteiger partial charge in [0.05, 0.1) is 12.0 Å². The fraction of sp³-hybridized carbons (Fsp3) is 0.636. The number of carbonyl (C=O) groups excluding carboxylic acids is 1. The smallest absolute Gasteiger partial charge is 0.224 e. The first kappa shape index (κ1) is 17.6. The van der Waals surface area contributed by atoms with Crippen molar-refractivity contribution in [3.05, 3.63) is 16.1 Å². The van der Waals surface area contributed by atoms with E-state index in [1.807, 2.05) is 20.0 Å². The molecule has 7 heteroatoms. The fourth-order valence-corrected chi connectivity index (χ4v) is 2.62. The summed E-state index contributed by atoms with van der Waals surface area (Å²) in [5.74, 6) is 0.272. The number of aryl methyl sites for hydroxylation is 1. The quantitative estimate of drug-likeness (QED) is 0.898. The maximum absolute atomic E-state index is 11.9. The molecule has 0 radical (unpaired) electrons. The van der Waals surface area contributed by atoms with Crippen molar-refractivity contribution in [2.45, 2.75) is 26.3 Å². The Balaban J connectivity index is 0.00000144. The average Bonchev–Trinajstić information content (AvgIpc) is 2.87. The van der Waals surface area contributed by atoms with Crippen molar-refractivity contribution in [2.75, 3.05) is 13.1 Å². The lowest BCUT2D eigenvalue weighted by molar-refractivity contribution is -0.125. The number of hydrogen-bond acceptors (Lipinski definition) is 4. The van der Waals surface area contributed by atoms with Crippen LogP contribution in [0.1, 0.15) is 29.3 Å². The number of carbonyl (C=O) groups is 1. The van der Waals surface area contributed by atoms with Gasteiger partial charge in [0.15, 0.2) is 0 Å². The number of thiazole rings is 1. The number of hydrogen-bond donors (Lipinski definition) is 2. The van der Waals surface area contributed by atoms with Gasteiger partial charge in [-0.25, -0.2) is 4.98 Å².